The number of hydrogen-bond donors (Lipinski definition) is 4. The number of carbonyl (C=O) groups excluding carboxylic acids is 2. The molecule has 0 amide bonds. The van der Waals surface area contributed by atoms with Gasteiger partial charge in [-0.25, -0.2) is 9.36 Å². The SMILES string of the molecule is O=C1O[C@H]([C@H](CO)OP(=O)(O)O)C(=O)C1O. The van der Waals surface area contributed by atoms with E-state index in [0.29, 0.717) is 0 Å². The van der Waals surface area contributed by atoms with Crippen LogP contribution in [0.4, 0.5) is 0 Å². The second-order valence-corrected chi connectivity index (χ2v) is 4.17. The first-order valence-electron chi connectivity index (χ1n) is 4.03. The van der Waals surface area contributed by atoms with Gasteiger partial charge in [-0.3, -0.25) is 9.32 Å². The molecule has 0 bridgehead atoms. The molecule has 9 nitrogen and oxygen atoms in total. The van der Waals surface area contributed by atoms with Crippen molar-refractivity contribution in [3.63, 3.8) is 0 Å². The monoisotopic (exact) mass is 256 g/mol. The Morgan fingerprint density at radius 1 is 1.44 bits per heavy atom. The summed E-state index contributed by atoms with van der Waals surface area (Å²) in [4.78, 5) is 38.8. The predicted molar refractivity (Wildman–Crippen MR) is 44.9 cm³/mol. The second-order valence-electron chi connectivity index (χ2n) is 2.98. The lowest BCUT2D eigenvalue weighted by atomic mass is 10.1. The van der Waals surface area contributed by atoms with E-state index in [-0.39, 0.29) is 0 Å². The van der Waals surface area contributed by atoms with Crippen molar-refractivity contribution in [2.45, 2.75) is 18.3 Å². The average molecular weight is 256 g/mol. The molecule has 0 spiro atoms. The van der Waals surface area contributed by atoms with Gasteiger partial charge >= 0.3 is 13.8 Å². The van der Waals surface area contributed by atoms with Crippen LogP contribution in [0.25, 0.3) is 0 Å². The molecule has 0 aromatic carbocycles. The maximum absolute atomic E-state index is 11.2. The highest BCUT2D eigenvalue weighted by molar-refractivity contribution is 7.46. The molecule has 10 heteroatoms. The van der Waals surface area contributed by atoms with E-state index in [0.717, 1.165) is 0 Å². The van der Waals surface area contributed by atoms with Crippen LogP contribution in [0.3, 0.4) is 0 Å². The number of phosphoric ester groups is 1. The predicted octanol–water partition coefficient (Wildman–Crippen LogP) is -2.69. The van der Waals surface area contributed by atoms with Crippen LogP contribution < -0.4 is 0 Å². The van der Waals surface area contributed by atoms with Crippen LogP contribution >= 0.6 is 7.82 Å². The maximum atomic E-state index is 11.2. The lowest BCUT2D eigenvalue weighted by molar-refractivity contribution is -0.151. The number of phosphoric acid groups is 1. The quantitative estimate of drug-likeness (QED) is 0.239. The van der Waals surface area contributed by atoms with E-state index in [1.807, 2.05) is 0 Å². The van der Waals surface area contributed by atoms with Gasteiger partial charge in [0.15, 0.2) is 6.10 Å². The molecule has 0 aromatic rings. The van der Waals surface area contributed by atoms with E-state index < -0.39 is 44.5 Å². The molecule has 1 heterocycles. The van der Waals surface area contributed by atoms with Gasteiger partial charge in [0.25, 0.3) is 0 Å². The first-order chi connectivity index (χ1) is 7.26. The van der Waals surface area contributed by atoms with Crippen LogP contribution in [-0.4, -0.2) is 56.7 Å². The zero-order valence-corrected chi connectivity index (χ0v) is 8.61. The Kier molecular flexibility index (Phi) is 3.79. The van der Waals surface area contributed by atoms with Crippen molar-refractivity contribution >= 4 is 19.6 Å². The van der Waals surface area contributed by atoms with Gasteiger partial charge in [0.2, 0.25) is 11.9 Å². The van der Waals surface area contributed by atoms with Crippen molar-refractivity contribution in [3.05, 3.63) is 0 Å². The molecule has 92 valence electrons. The summed E-state index contributed by atoms with van der Waals surface area (Å²) in [6.45, 7) is -0.957. The van der Waals surface area contributed by atoms with Crippen molar-refractivity contribution in [1.29, 1.82) is 0 Å². The Morgan fingerprint density at radius 2 is 2.00 bits per heavy atom. The lowest BCUT2D eigenvalue weighted by Gasteiger charge is -2.19. The highest BCUT2D eigenvalue weighted by Gasteiger charge is 2.48. The standard InChI is InChI=1S/C6H9O9P/c7-1-2(15-16(11,12)13)5-3(8)4(9)6(10)14-5/h2,4-5,7,9H,1H2,(H2,11,12,13)/t2-,4?,5+/m0/s1. The minimum Gasteiger partial charge on any atom is -0.449 e. The molecule has 0 saturated carbocycles. The number of carbonyl (C=O) groups is 2. The minimum absolute atomic E-state index is 0.957. The summed E-state index contributed by atoms with van der Waals surface area (Å²) in [6.07, 6.45) is -5.45. The summed E-state index contributed by atoms with van der Waals surface area (Å²) >= 11 is 0. The van der Waals surface area contributed by atoms with Crippen LogP contribution in [0.15, 0.2) is 0 Å². The number of rotatable bonds is 4. The molecule has 0 radical (unpaired) electrons. The third-order valence-corrected chi connectivity index (χ3v) is 2.35. The Hall–Kier alpha value is -0.830. The smallest absolute Gasteiger partial charge is 0.449 e. The van der Waals surface area contributed by atoms with Gasteiger partial charge in [-0.2, -0.15) is 0 Å². The van der Waals surface area contributed by atoms with Crippen molar-refractivity contribution in [2.75, 3.05) is 6.61 Å². The Balaban J connectivity index is 2.79. The molecular weight excluding hydrogens is 247 g/mol. The molecule has 1 saturated heterocycles. The first-order valence-corrected chi connectivity index (χ1v) is 5.56. The number of cyclic esters (lactones) is 1. The fourth-order valence-corrected chi connectivity index (χ4v) is 1.67. The van der Waals surface area contributed by atoms with E-state index in [2.05, 4.69) is 9.26 Å². The molecule has 0 aliphatic carbocycles. The van der Waals surface area contributed by atoms with Crippen LogP contribution in [0.5, 0.6) is 0 Å². The lowest BCUT2D eigenvalue weighted by Crippen LogP contribution is -2.38. The Labute approximate surface area is 88.8 Å². The molecule has 4 N–H and O–H groups in total. The summed E-state index contributed by atoms with van der Waals surface area (Å²) in [7, 11) is -4.94. The maximum Gasteiger partial charge on any atom is 0.470 e. The van der Waals surface area contributed by atoms with Crippen molar-refractivity contribution in [1.82, 2.24) is 0 Å². The van der Waals surface area contributed by atoms with Gasteiger partial charge in [-0.1, -0.05) is 0 Å². The number of ketones is 1. The third kappa shape index (κ3) is 2.85. The minimum atomic E-state index is -4.94. The molecule has 1 aliphatic heterocycles. The van der Waals surface area contributed by atoms with Crippen LogP contribution in [0.1, 0.15) is 0 Å². The highest BCUT2D eigenvalue weighted by atomic mass is 31.2. The average Bonchev–Trinajstić information content (AvgIpc) is 2.41. The fourth-order valence-electron chi connectivity index (χ4n) is 1.14. The summed E-state index contributed by atoms with van der Waals surface area (Å²) in [6, 6.07) is 0. The molecular formula is C6H9O9P. The normalized spacial score (nSPS) is 28.0. The van der Waals surface area contributed by atoms with Gasteiger partial charge in [0, 0.05) is 0 Å². The van der Waals surface area contributed by atoms with Gasteiger partial charge < -0.3 is 24.7 Å². The van der Waals surface area contributed by atoms with Crippen molar-refractivity contribution in [3.8, 4) is 0 Å². The molecule has 1 aliphatic rings. The summed E-state index contributed by atoms with van der Waals surface area (Å²) in [5.41, 5.74) is 0. The van der Waals surface area contributed by atoms with E-state index in [4.69, 9.17) is 20.0 Å². The van der Waals surface area contributed by atoms with Gasteiger partial charge in [-0.05, 0) is 0 Å². The summed E-state index contributed by atoms with van der Waals surface area (Å²) in [5, 5.41) is 17.7. The Bertz CT molecular complexity index is 346. The summed E-state index contributed by atoms with van der Waals surface area (Å²) in [5.74, 6) is -2.36. The summed E-state index contributed by atoms with van der Waals surface area (Å²) < 4.78 is 18.8. The zero-order chi connectivity index (χ0) is 12.5. The molecule has 1 fully saturated rings. The Morgan fingerprint density at radius 3 is 2.31 bits per heavy atom. The van der Waals surface area contributed by atoms with Crippen molar-refractivity contribution in [2.24, 2.45) is 0 Å². The number of hydrogen-bond acceptors (Lipinski definition) is 7. The molecule has 1 rings (SSSR count). The molecule has 1 unspecified atom stereocenters. The van der Waals surface area contributed by atoms with E-state index in [1.54, 1.807) is 0 Å². The number of aliphatic hydroxyl groups excluding tert-OH is 2. The zero-order valence-electron chi connectivity index (χ0n) is 7.72. The van der Waals surface area contributed by atoms with E-state index in [9.17, 15) is 14.2 Å². The van der Waals surface area contributed by atoms with Gasteiger partial charge in [0.1, 0.15) is 6.10 Å². The highest BCUT2D eigenvalue weighted by Crippen LogP contribution is 2.39. The van der Waals surface area contributed by atoms with Crippen LogP contribution in [0.2, 0.25) is 0 Å². The second kappa shape index (κ2) is 4.58. The number of aliphatic hydroxyl groups is 2. The van der Waals surface area contributed by atoms with Crippen molar-refractivity contribution < 1.29 is 43.4 Å². The largest absolute Gasteiger partial charge is 0.470 e. The van der Waals surface area contributed by atoms with E-state index >= 15 is 0 Å². The van der Waals surface area contributed by atoms with E-state index in [1.165, 1.54) is 0 Å². The molecule has 3 atom stereocenters. The van der Waals surface area contributed by atoms with Gasteiger partial charge in [0.05, 0.1) is 6.61 Å². The van der Waals surface area contributed by atoms with Crippen LogP contribution in [0, 0.1) is 0 Å². The number of Topliss-reactive ketones (excluding diaryl/α,β-unsaturated/α-hetero) is 1. The van der Waals surface area contributed by atoms with Crippen LogP contribution in [-0.2, 0) is 23.4 Å². The topological polar surface area (TPSA) is 151 Å². The first kappa shape index (κ1) is 13.2. The number of ether oxygens (including phenoxy) is 1. The fraction of sp³-hybridized carbons (Fsp3) is 0.667. The molecule has 16 heavy (non-hydrogen) atoms. The van der Waals surface area contributed by atoms with Gasteiger partial charge in [-0.15, -0.1) is 0 Å². The molecule has 0 aromatic heterocycles. The third-order valence-electron chi connectivity index (χ3n) is 1.81. The number of esters is 1.